The monoisotopic (exact) mass is 400 g/mol. The number of rotatable bonds is 5. The van der Waals surface area contributed by atoms with Crippen molar-refractivity contribution < 1.29 is 33.2 Å². The zero-order valence-corrected chi connectivity index (χ0v) is 17.1. The molecule has 1 saturated heterocycles. The van der Waals surface area contributed by atoms with Crippen LogP contribution in [0.15, 0.2) is 24.3 Å². The fourth-order valence-electron chi connectivity index (χ4n) is 3.91. The summed E-state index contributed by atoms with van der Waals surface area (Å²) < 4.78 is 33.6. The highest BCUT2D eigenvalue weighted by Gasteiger charge is 2.42. The summed E-state index contributed by atoms with van der Waals surface area (Å²) in [5.74, 6) is 2.38. The van der Waals surface area contributed by atoms with E-state index >= 15 is 0 Å². The van der Waals surface area contributed by atoms with E-state index in [-0.39, 0.29) is 24.6 Å². The Hall–Kier alpha value is -3.09. The fraction of sp³-hybridized carbons (Fsp3) is 0.409. The molecule has 2 aliphatic rings. The molecule has 0 N–H and O–H groups in total. The molecule has 0 unspecified atom stereocenters. The molecule has 0 spiro atoms. The van der Waals surface area contributed by atoms with Gasteiger partial charge in [0, 0.05) is 17.0 Å². The van der Waals surface area contributed by atoms with Crippen molar-refractivity contribution >= 4 is 5.97 Å². The van der Waals surface area contributed by atoms with Crippen molar-refractivity contribution in [2.75, 3.05) is 28.1 Å². The number of methoxy groups -OCH3 is 3. The van der Waals surface area contributed by atoms with E-state index in [9.17, 15) is 4.79 Å². The van der Waals surface area contributed by atoms with Crippen LogP contribution in [0.2, 0.25) is 0 Å². The minimum Gasteiger partial charge on any atom is -0.493 e. The highest BCUT2D eigenvalue weighted by molar-refractivity contribution is 5.83. The van der Waals surface area contributed by atoms with E-state index in [4.69, 9.17) is 28.4 Å². The van der Waals surface area contributed by atoms with Crippen molar-refractivity contribution in [1.29, 1.82) is 0 Å². The van der Waals surface area contributed by atoms with E-state index in [1.54, 1.807) is 21.3 Å². The molecule has 4 rings (SSSR count). The molecule has 0 aliphatic carbocycles. The van der Waals surface area contributed by atoms with Crippen LogP contribution in [0.4, 0.5) is 0 Å². The van der Waals surface area contributed by atoms with Crippen LogP contribution in [-0.2, 0) is 9.53 Å². The van der Waals surface area contributed by atoms with Gasteiger partial charge >= 0.3 is 5.97 Å². The molecule has 0 bridgehead atoms. The van der Waals surface area contributed by atoms with Gasteiger partial charge in [-0.2, -0.15) is 0 Å². The topological polar surface area (TPSA) is 72.5 Å². The first kappa shape index (κ1) is 19.2. The molecule has 2 aromatic carbocycles. The van der Waals surface area contributed by atoms with Gasteiger partial charge in [-0.15, -0.1) is 0 Å². The van der Waals surface area contributed by atoms with Gasteiger partial charge in [-0.05, 0) is 23.8 Å². The smallest absolute Gasteiger partial charge is 0.309 e. The van der Waals surface area contributed by atoms with E-state index < -0.39 is 6.10 Å². The highest BCUT2D eigenvalue weighted by Crippen LogP contribution is 2.53. The van der Waals surface area contributed by atoms with E-state index in [0.717, 1.165) is 16.7 Å². The van der Waals surface area contributed by atoms with Gasteiger partial charge in [0.2, 0.25) is 12.5 Å². The van der Waals surface area contributed by atoms with Crippen LogP contribution >= 0.6 is 0 Å². The normalized spacial score (nSPS) is 22.4. The van der Waals surface area contributed by atoms with E-state index in [2.05, 4.69) is 0 Å². The Morgan fingerprint density at radius 1 is 0.931 bits per heavy atom. The molecule has 7 nitrogen and oxygen atoms in total. The molecule has 154 valence electrons. The summed E-state index contributed by atoms with van der Waals surface area (Å²) in [4.78, 5) is 12.3. The lowest BCUT2D eigenvalue weighted by atomic mass is 9.85. The van der Waals surface area contributed by atoms with Gasteiger partial charge in [0.05, 0.1) is 27.2 Å². The molecule has 2 heterocycles. The number of hydrogen-bond donors (Lipinski definition) is 0. The second-order valence-electron chi connectivity index (χ2n) is 7.18. The third kappa shape index (κ3) is 3.01. The molecule has 3 atom stereocenters. The second-order valence-corrected chi connectivity index (χ2v) is 7.18. The summed E-state index contributed by atoms with van der Waals surface area (Å²) in [5, 5.41) is 0. The Morgan fingerprint density at radius 2 is 1.66 bits per heavy atom. The van der Waals surface area contributed by atoms with Crippen molar-refractivity contribution in [3.63, 3.8) is 0 Å². The minimum absolute atomic E-state index is 0.0157. The Bertz CT molecular complexity index is 953. The second kappa shape index (κ2) is 7.39. The number of ether oxygens (including phenoxy) is 6. The van der Waals surface area contributed by atoms with Crippen molar-refractivity contribution in [3.8, 4) is 39.9 Å². The maximum atomic E-state index is 12.3. The maximum absolute atomic E-state index is 12.3. The first-order chi connectivity index (χ1) is 14.0. The Morgan fingerprint density at radius 3 is 2.28 bits per heavy atom. The van der Waals surface area contributed by atoms with E-state index in [1.807, 2.05) is 38.1 Å². The molecule has 7 heteroatoms. The van der Waals surface area contributed by atoms with Gasteiger partial charge in [-0.1, -0.05) is 19.9 Å². The third-order valence-corrected chi connectivity index (χ3v) is 5.71. The molecule has 2 aliphatic heterocycles. The Balaban J connectivity index is 1.97. The molecule has 0 amide bonds. The minimum atomic E-state index is -0.438. The number of carbonyl (C=O) groups is 1. The average Bonchev–Trinajstić information content (AvgIpc) is 3.31. The Labute approximate surface area is 169 Å². The molecule has 1 fully saturated rings. The van der Waals surface area contributed by atoms with Crippen LogP contribution in [-0.4, -0.2) is 34.1 Å². The van der Waals surface area contributed by atoms with E-state index in [0.29, 0.717) is 28.7 Å². The summed E-state index contributed by atoms with van der Waals surface area (Å²) in [6, 6.07) is 7.52. The number of benzene rings is 2. The highest BCUT2D eigenvalue weighted by atomic mass is 16.7. The van der Waals surface area contributed by atoms with Gasteiger partial charge in [0.1, 0.15) is 6.10 Å². The predicted octanol–water partition coefficient (Wildman–Crippen LogP) is 3.98. The molecule has 2 aromatic rings. The lowest BCUT2D eigenvalue weighted by Gasteiger charge is -2.24. The largest absolute Gasteiger partial charge is 0.493 e. The van der Waals surface area contributed by atoms with Gasteiger partial charge < -0.3 is 28.4 Å². The number of carbonyl (C=O) groups excluding carboxylic acids is 1. The standard InChI is InChI=1S/C22H24O7/c1-11-12(2)22(23)29-19(11)14-9-17(24-3)20(25-4)21(26-5)18(14)13-6-7-15-16(8-13)28-10-27-15/h6-9,11-12,19H,10H2,1-5H3/t11-,12+,19-/m1/s1. The summed E-state index contributed by atoms with van der Waals surface area (Å²) in [7, 11) is 4.70. The van der Waals surface area contributed by atoms with Crippen molar-refractivity contribution in [2.45, 2.75) is 20.0 Å². The lowest BCUT2D eigenvalue weighted by molar-refractivity contribution is -0.144. The first-order valence-corrected chi connectivity index (χ1v) is 9.43. The first-order valence-electron chi connectivity index (χ1n) is 9.43. The predicted molar refractivity (Wildman–Crippen MR) is 105 cm³/mol. The van der Waals surface area contributed by atoms with Crippen molar-refractivity contribution in [3.05, 3.63) is 29.8 Å². The number of fused-ring (bicyclic) bond motifs is 1. The van der Waals surface area contributed by atoms with Gasteiger partial charge in [-0.3, -0.25) is 4.79 Å². The van der Waals surface area contributed by atoms with Gasteiger partial charge in [0.25, 0.3) is 0 Å². The van der Waals surface area contributed by atoms with Crippen LogP contribution in [0.1, 0.15) is 25.5 Å². The Kier molecular flexibility index (Phi) is 4.90. The average molecular weight is 400 g/mol. The lowest BCUT2D eigenvalue weighted by Crippen LogP contribution is -2.11. The van der Waals surface area contributed by atoms with E-state index in [1.165, 1.54) is 0 Å². The molecule has 0 radical (unpaired) electrons. The summed E-state index contributed by atoms with van der Waals surface area (Å²) in [6.07, 6.45) is -0.438. The molecular weight excluding hydrogens is 376 g/mol. The van der Waals surface area contributed by atoms with Crippen LogP contribution in [0.5, 0.6) is 28.7 Å². The van der Waals surface area contributed by atoms with Crippen LogP contribution in [0.3, 0.4) is 0 Å². The zero-order valence-electron chi connectivity index (χ0n) is 17.1. The molecule has 0 aromatic heterocycles. The number of hydrogen-bond acceptors (Lipinski definition) is 7. The summed E-state index contributed by atoms with van der Waals surface area (Å²) in [6.45, 7) is 4.07. The maximum Gasteiger partial charge on any atom is 0.309 e. The molecule has 29 heavy (non-hydrogen) atoms. The molecule has 0 saturated carbocycles. The third-order valence-electron chi connectivity index (χ3n) is 5.71. The van der Waals surface area contributed by atoms with Crippen LogP contribution in [0, 0.1) is 11.8 Å². The zero-order chi connectivity index (χ0) is 20.7. The van der Waals surface area contributed by atoms with Gasteiger partial charge in [0.15, 0.2) is 23.0 Å². The fourth-order valence-corrected chi connectivity index (χ4v) is 3.91. The summed E-state index contributed by atoms with van der Waals surface area (Å²) >= 11 is 0. The molecular formula is C22H24O7. The van der Waals surface area contributed by atoms with Crippen molar-refractivity contribution in [2.24, 2.45) is 11.8 Å². The SMILES string of the molecule is COc1cc([C@@H]2OC(=O)[C@@H](C)[C@H]2C)c(-c2ccc3c(c2)OCO3)c(OC)c1OC. The van der Waals surface area contributed by atoms with Crippen molar-refractivity contribution in [1.82, 2.24) is 0 Å². The number of esters is 1. The summed E-state index contributed by atoms with van der Waals surface area (Å²) in [5.41, 5.74) is 2.40. The van der Waals surface area contributed by atoms with Crippen LogP contribution < -0.4 is 23.7 Å². The van der Waals surface area contributed by atoms with Gasteiger partial charge in [-0.25, -0.2) is 0 Å². The van der Waals surface area contributed by atoms with Crippen LogP contribution in [0.25, 0.3) is 11.1 Å². The number of cyclic esters (lactones) is 1. The quantitative estimate of drug-likeness (QED) is 0.703.